The van der Waals surface area contributed by atoms with Crippen molar-refractivity contribution in [1.29, 1.82) is 0 Å². The van der Waals surface area contributed by atoms with Crippen molar-refractivity contribution in [3.05, 3.63) is 36.2 Å². The standard InChI is InChI=1S/C14H20N6/c1-11-8-15-9-12(2)19(11)10-14-16-17-18-20(14)13-6-4-3-5-7-13/h3-7,11-12,15H,8-10H2,1-2H3. The molecule has 6 nitrogen and oxygen atoms in total. The molecule has 2 heterocycles. The summed E-state index contributed by atoms with van der Waals surface area (Å²) < 4.78 is 1.82. The second kappa shape index (κ2) is 5.68. The molecule has 3 rings (SSSR count). The van der Waals surface area contributed by atoms with Crippen LogP contribution in [0.4, 0.5) is 0 Å². The number of tetrazole rings is 1. The molecule has 1 aromatic heterocycles. The lowest BCUT2D eigenvalue weighted by molar-refractivity contribution is 0.104. The lowest BCUT2D eigenvalue weighted by Gasteiger charge is -2.38. The summed E-state index contributed by atoms with van der Waals surface area (Å²) >= 11 is 0. The van der Waals surface area contributed by atoms with Crippen molar-refractivity contribution < 1.29 is 0 Å². The van der Waals surface area contributed by atoms with Gasteiger partial charge in [-0.3, -0.25) is 4.90 Å². The number of rotatable bonds is 3. The van der Waals surface area contributed by atoms with E-state index in [1.807, 2.05) is 35.0 Å². The number of benzene rings is 1. The minimum Gasteiger partial charge on any atom is -0.314 e. The van der Waals surface area contributed by atoms with E-state index in [0.717, 1.165) is 31.1 Å². The fourth-order valence-corrected chi connectivity index (χ4v) is 2.72. The smallest absolute Gasteiger partial charge is 0.170 e. The van der Waals surface area contributed by atoms with Gasteiger partial charge >= 0.3 is 0 Å². The van der Waals surface area contributed by atoms with Crippen molar-refractivity contribution in [1.82, 2.24) is 30.4 Å². The first-order chi connectivity index (χ1) is 9.75. The molecule has 0 bridgehead atoms. The predicted molar refractivity (Wildman–Crippen MR) is 76.5 cm³/mol. The summed E-state index contributed by atoms with van der Waals surface area (Å²) in [5.74, 6) is 0.886. The zero-order valence-corrected chi connectivity index (χ0v) is 11.9. The Morgan fingerprint density at radius 3 is 2.55 bits per heavy atom. The second-order valence-corrected chi connectivity index (χ2v) is 5.37. The number of hydrogen-bond donors (Lipinski definition) is 1. The molecular weight excluding hydrogens is 252 g/mol. The Balaban J connectivity index is 1.83. The average Bonchev–Trinajstić information content (AvgIpc) is 2.92. The van der Waals surface area contributed by atoms with Gasteiger partial charge in [0.15, 0.2) is 5.82 Å². The van der Waals surface area contributed by atoms with Crippen LogP contribution in [0.1, 0.15) is 19.7 Å². The largest absolute Gasteiger partial charge is 0.314 e. The highest BCUT2D eigenvalue weighted by atomic mass is 15.5. The van der Waals surface area contributed by atoms with Gasteiger partial charge < -0.3 is 5.32 Å². The third kappa shape index (κ3) is 2.57. The number of hydrogen-bond acceptors (Lipinski definition) is 5. The summed E-state index contributed by atoms with van der Waals surface area (Å²) in [6.45, 7) is 7.26. The minimum absolute atomic E-state index is 0.486. The fourth-order valence-electron chi connectivity index (χ4n) is 2.72. The number of para-hydroxylation sites is 1. The van der Waals surface area contributed by atoms with Crippen LogP contribution >= 0.6 is 0 Å². The van der Waals surface area contributed by atoms with Crippen LogP contribution in [0.2, 0.25) is 0 Å². The van der Waals surface area contributed by atoms with Crippen molar-refractivity contribution in [3.8, 4) is 5.69 Å². The predicted octanol–water partition coefficient (Wildman–Crippen LogP) is 0.844. The third-order valence-corrected chi connectivity index (χ3v) is 3.87. The third-order valence-electron chi connectivity index (χ3n) is 3.87. The molecule has 0 spiro atoms. The van der Waals surface area contributed by atoms with E-state index in [2.05, 4.69) is 39.6 Å². The maximum Gasteiger partial charge on any atom is 0.170 e. The van der Waals surface area contributed by atoms with E-state index in [9.17, 15) is 0 Å². The van der Waals surface area contributed by atoms with Gasteiger partial charge in [0.2, 0.25) is 0 Å². The van der Waals surface area contributed by atoms with E-state index in [4.69, 9.17) is 0 Å². The molecule has 2 atom stereocenters. The van der Waals surface area contributed by atoms with Crippen molar-refractivity contribution in [3.63, 3.8) is 0 Å². The van der Waals surface area contributed by atoms with Crippen LogP contribution < -0.4 is 5.32 Å². The Kier molecular flexibility index (Phi) is 3.75. The van der Waals surface area contributed by atoms with Gasteiger partial charge in [0, 0.05) is 25.2 Å². The van der Waals surface area contributed by atoms with Gasteiger partial charge in [-0.15, -0.1) is 5.10 Å². The molecule has 20 heavy (non-hydrogen) atoms. The van der Waals surface area contributed by atoms with Crippen LogP contribution in [0.25, 0.3) is 5.69 Å². The first kappa shape index (κ1) is 13.2. The highest BCUT2D eigenvalue weighted by Crippen LogP contribution is 2.15. The van der Waals surface area contributed by atoms with Gasteiger partial charge in [-0.2, -0.15) is 4.68 Å². The van der Waals surface area contributed by atoms with Crippen molar-refractivity contribution in [2.75, 3.05) is 13.1 Å². The molecular formula is C14H20N6. The van der Waals surface area contributed by atoms with Crippen molar-refractivity contribution in [2.24, 2.45) is 0 Å². The maximum atomic E-state index is 4.20. The van der Waals surface area contributed by atoms with Crippen molar-refractivity contribution >= 4 is 0 Å². The Bertz CT molecular complexity index is 542. The van der Waals surface area contributed by atoms with E-state index in [1.54, 1.807) is 0 Å². The molecule has 1 N–H and O–H groups in total. The zero-order valence-electron chi connectivity index (χ0n) is 11.9. The van der Waals surface area contributed by atoms with E-state index < -0.39 is 0 Å². The molecule has 0 radical (unpaired) electrons. The van der Waals surface area contributed by atoms with Gasteiger partial charge in [-0.1, -0.05) is 18.2 Å². The summed E-state index contributed by atoms with van der Waals surface area (Å²) in [6, 6.07) is 11.0. The van der Waals surface area contributed by atoms with Crippen molar-refractivity contribution in [2.45, 2.75) is 32.5 Å². The summed E-state index contributed by atoms with van der Waals surface area (Å²) in [5.41, 5.74) is 1.00. The Labute approximate surface area is 118 Å². The number of aromatic nitrogens is 4. The molecule has 1 aliphatic rings. The fraction of sp³-hybridized carbons (Fsp3) is 0.500. The number of piperazine rings is 1. The highest BCUT2D eigenvalue weighted by Gasteiger charge is 2.26. The molecule has 0 aliphatic carbocycles. The normalized spacial score (nSPS) is 23.9. The number of nitrogens with one attached hydrogen (secondary N) is 1. The van der Waals surface area contributed by atoms with E-state index >= 15 is 0 Å². The van der Waals surface area contributed by atoms with Gasteiger partial charge in [0.1, 0.15) is 0 Å². The molecule has 1 saturated heterocycles. The van der Waals surface area contributed by atoms with E-state index in [1.165, 1.54) is 0 Å². The minimum atomic E-state index is 0.486. The molecule has 0 saturated carbocycles. The zero-order chi connectivity index (χ0) is 13.9. The molecule has 106 valence electrons. The molecule has 0 amide bonds. The lowest BCUT2D eigenvalue weighted by Crippen LogP contribution is -2.54. The second-order valence-electron chi connectivity index (χ2n) is 5.37. The Morgan fingerprint density at radius 1 is 1.15 bits per heavy atom. The van der Waals surface area contributed by atoms with Gasteiger partial charge in [0.05, 0.1) is 12.2 Å². The van der Waals surface area contributed by atoms with Gasteiger partial charge in [0.25, 0.3) is 0 Å². The summed E-state index contributed by atoms with van der Waals surface area (Å²) in [5, 5.41) is 15.6. The van der Waals surface area contributed by atoms with Gasteiger partial charge in [-0.05, 0) is 36.4 Å². The van der Waals surface area contributed by atoms with E-state index in [-0.39, 0.29) is 0 Å². The van der Waals surface area contributed by atoms with Crippen LogP contribution in [-0.2, 0) is 6.54 Å². The summed E-state index contributed by atoms with van der Waals surface area (Å²) in [7, 11) is 0. The molecule has 1 aliphatic heterocycles. The molecule has 6 heteroatoms. The van der Waals surface area contributed by atoms with Crippen LogP contribution in [0.3, 0.4) is 0 Å². The quantitative estimate of drug-likeness (QED) is 0.897. The molecule has 2 aromatic rings. The average molecular weight is 272 g/mol. The Morgan fingerprint density at radius 2 is 1.85 bits per heavy atom. The van der Waals surface area contributed by atoms with Crippen LogP contribution in [0.5, 0.6) is 0 Å². The summed E-state index contributed by atoms with van der Waals surface area (Å²) in [6.07, 6.45) is 0. The topological polar surface area (TPSA) is 58.9 Å². The van der Waals surface area contributed by atoms with Gasteiger partial charge in [-0.25, -0.2) is 0 Å². The highest BCUT2D eigenvalue weighted by molar-refractivity contribution is 5.30. The monoisotopic (exact) mass is 272 g/mol. The van der Waals surface area contributed by atoms with Crippen LogP contribution in [0, 0.1) is 0 Å². The molecule has 1 aromatic carbocycles. The van der Waals surface area contributed by atoms with Crippen LogP contribution in [-0.4, -0.2) is 50.3 Å². The lowest BCUT2D eigenvalue weighted by atomic mass is 10.1. The first-order valence-electron chi connectivity index (χ1n) is 7.05. The Hall–Kier alpha value is -1.79. The number of nitrogens with zero attached hydrogens (tertiary/aromatic N) is 5. The summed E-state index contributed by atoms with van der Waals surface area (Å²) in [4.78, 5) is 2.45. The van der Waals surface area contributed by atoms with E-state index in [0.29, 0.717) is 12.1 Å². The maximum absolute atomic E-state index is 4.20. The molecule has 1 fully saturated rings. The SMILES string of the molecule is CC1CNCC(C)N1Cc1nnnn1-c1ccccc1. The molecule has 2 unspecified atom stereocenters. The first-order valence-corrected chi connectivity index (χ1v) is 7.05. The van der Waals surface area contributed by atoms with Crippen LogP contribution in [0.15, 0.2) is 30.3 Å².